The molecule has 2 rings (SSSR count). The molecule has 14 heavy (non-hydrogen) atoms. The van der Waals surface area contributed by atoms with Crippen LogP contribution < -0.4 is 5.73 Å². The van der Waals surface area contributed by atoms with Crippen LogP contribution in [0.25, 0.3) is 0 Å². The van der Waals surface area contributed by atoms with Crippen LogP contribution >= 0.6 is 0 Å². The Bertz CT molecular complexity index is 378. The van der Waals surface area contributed by atoms with Gasteiger partial charge >= 0.3 is 0 Å². The topological polar surface area (TPSA) is 82.0 Å². The van der Waals surface area contributed by atoms with Gasteiger partial charge < -0.3 is 5.73 Å². The van der Waals surface area contributed by atoms with Gasteiger partial charge in [-0.3, -0.25) is 15.1 Å². The summed E-state index contributed by atoms with van der Waals surface area (Å²) >= 11 is 0. The third kappa shape index (κ3) is 1.58. The molecule has 1 aromatic heterocycles. The normalized spacial score (nSPS) is 20.2. The lowest BCUT2D eigenvalue weighted by Crippen LogP contribution is -2.28. The number of aromatic nitrogens is 1. The molecule has 0 spiro atoms. The molecule has 1 aliphatic carbocycles. The Morgan fingerprint density at radius 3 is 3.14 bits per heavy atom. The molecule has 0 fully saturated rings. The molecule has 0 radical (unpaired) electrons. The molecule has 74 valence electrons. The van der Waals surface area contributed by atoms with E-state index < -0.39 is 4.92 Å². The highest BCUT2D eigenvalue weighted by Gasteiger charge is 2.19. The summed E-state index contributed by atoms with van der Waals surface area (Å²) in [7, 11) is 0. The first-order valence-corrected chi connectivity index (χ1v) is 4.54. The molecule has 0 saturated heterocycles. The van der Waals surface area contributed by atoms with E-state index in [-0.39, 0.29) is 11.7 Å². The minimum Gasteiger partial charge on any atom is -0.327 e. The molecule has 5 nitrogen and oxygen atoms in total. The standard InChI is InChI=1S/C9H11N3O2/c10-7-1-2-9-6(3-7)4-8(5-11-9)12(13)14/h4-5,7H,1-3,10H2. The van der Waals surface area contributed by atoms with E-state index in [0.717, 1.165) is 24.1 Å². The summed E-state index contributed by atoms with van der Waals surface area (Å²) in [5.41, 5.74) is 7.72. The number of hydrogen-bond acceptors (Lipinski definition) is 4. The van der Waals surface area contributed by atoms with Gasteiger partial charge in [-0.15, -0.1) is 0 Å². The van der Waals surface area contributed by atoms with E-state index in [0.29, 0.717) is 6.42 Å². The fraction of sp³-hybridized carbons (Fsp3) is 0.444. The largest absolute Gasteiger partial charge is 0.327 e. The number of aryl methyl sites for hydroxylation is 1. The molecule has 1 atom stereocenters. The fourth-order valence-corrected chi connectivity index (χ4v) is 1.73. The third-order valence-corrected chi connectivity index (χ3v) is 2.49. The number of fused-ring (bicyclic) bond motifs is 1. The molecule has 0 aliphatic heterocycles. The lowest BCUT2D eigenvalue weighted by Gasteiger charge is -2.19. The van der Waals surface area contributed by atoms with Gasteiger partial charge in [-0.05, 0) is 24.8 Å². The number of rotatable bonds is 1. The Morgan fingerprint density at radius 2 is 2.43 bits per heavy atom. The van der Waals surface area contributed by atoms with E-state index in [4.69, 9.17) is 5.73 Å². The SMILES string of the molecule is NC1CCc2ncc([N+](=O)[O-])cc2C1. The van der Waals surface area contributed by atoms with E-state index >= 15 is 0 Å². The molecular weight excluding hydrogens is 182 g/mol. The molecule has 2 N–H and O–H groups in total. The second-order valence-corrected chi connectivity index (χ2v) is 3.56. The maximum atomic E-state index is 10.5. The summed E-state index contributed by atoms with van der Waals surface area (Å²) in [4.78, 5) is 14.2. The van der Waals surface area contributed by atoms with Crippen molar-refractivity contribution < 1.29 is 4.92 Å². The third-order valence-electron chi connectivity index (χ3n) is 2.49. The molecule has 5 heteroatoms. The Balaban J connectivity index is 2.37. The van der Waals surface area contributed by atoms with Crippen molar-refractivity contribution >= 4 is 5.69 Å². The van der Waals surface area contributed by atoms with Crippen molar-refractivity contribution in [3.63, 3.8) is 0 Å². The van der Waals surface area contributed by atoms with Gasteiger partial charge in [-0.2, -0.15) is 0 Å². The summed E-state index contributed by atoms with van der Waals surface area (Å²) in [6.45, 7) is 0. The number of nitro groups is 1. The molecule has 1 heterocycles. The minimum absolute atomic E-state index is 0.0536. The van der Waals surface area contributed by atoms with Crippen molar-refractivity contribution in [1.82, 2.24) is 4.98 Å². The van der Waals surface area contributed by atoms with Crippen LogP contribution in [0, 0.1) is 10.1 Å². The first-order valence-electron chi connectivity index (χ1n) is 4.54. The monoisotopic (exact) mass is 193 g/mol. The van der Waals surface area contributed by atoms with E-state index in [1.165, 1.54) is 6.20 Å². The molecule has 1 aliphatic rings. The van der Waals surface area contributed by atoms with Crippen LogP contribution in [-0.2, 0) is 12.8 Å². The summed E-state index contributed by atoms with van der Waals surface area (Å²) in [6.07, 6.45) is 3.76. The van der Waals surface area contributed by atoms with Crippen molar-refractivity contribution in [2.24, 2.45) is 5.73 Å². The van der Waals surface area contributed by atoms with Gasteiger partial charge in [-0.1, -0.05) is 0 Å². The van der Waals surface area contributed by atoms with Gasteiger partial charge in [0.15, 0.2) is 0 Å². The van der Waals surface area contributed by atoms with Crippen molar-refractivity contribution in [3.05, 3.63) is 33.6 Å². The smallest absolute Gasteiger partial charge is 0.287 e. The lowest BCUT2D eigenvalue weighted by molar-refractivity contribution is -0.385. The Kier molecular flexibility index (Phi) is 2.17. The summed E-state index contributed by atoms with van der Waals surface area (Å²) in [6, 6.07) is 1.70. The zero-order chi connectivity index (χ0) is 10.1. The zero-order valence-electron chi connectivity index (χ0n) is 7.64. The van der Waals surface area contributed by atoms with Crippen LogP contribution in [0.2, 0.25) is 0 Å². The highest BCUT2D eigenvalue weighted by molar-refractivity contribution is 5.36. The predicted octanol–water partition coefficient (Wildman–Crippen LogP) is 0.806. The molecule has 1 aromatic rings. The van der Waals surface area contributed by atoms with Gasteiger partial charge in [0.2, 0.25) is 0 Å². The number of nitrogens with zero attached hydrogens (tertiary/aromatic N) is 2. The second kappa shape index (κ2) is 3.34. The molecule has 0 aromatic carbocycles. The Labute approximate surface area is 81.1 Å². The summed E-state index contributed by atoms with van der Waals surface area (Å²) in [5.74, 6) is 0. The van der Waals surface area contributed by atoms with Crippen molar-refractivity contribution in [2.75, 3.05) is 0 Å². The van der Waals surface area contributed by atoms with Crippen molar-refractivity contribution in [2.45, 2.75) is 25.3 Å². The Hall–Kier alpha value is -1.49. The van der Waals surface area contributed by atoms with E-state index in [9.17, 15) is 10.1 Å². The summed E-state index contributed by atoms with van der Waals surface area (Å²) in [5, 5.41) is 10.5. The van der Waals surface area contributed by atoms with Gasteiger partial charge in [0.25, 0.3) is 5.69 Å². The van der Waals surface area contributed by atoms with Crippen molar-refractivity contribution in [3.8, 4) is 0 Å². The summed E-state index contributed by atoms with van der Waals surface area (Å²) < 4.78 is 0. The van der Waals surface area contributed by atoms with Gasteiger partial charge in [0, 0.05) is 17.8 Å². The fourth-order valence-electron chi connectivity index (χ4n) is 1.73. The predicted molar refractivity (Wildman–Crippen MR) is 50.9 cm³/mol. The van der Waals surface area contributed by atoms with Crippen LogP contribution in [0.3, 0.4) is 0 Å². The average molecular weight is 193 g/mol. The number of nitrogens with two attached hydrogens (primary N) is 1. The number of hydrogen-bond donors (Lipinski definition) is 1. The first kappa shape index (κ1) is 9.08. The first-order chi connectivity index (χ1) is 6.66. The maximum absolute atomic E-state index is 10.5. The average Bonchev–Trinajstić information content (AvgIpc) is 2.16. The highest BCUT2D eigenvalue weighted by Crippen LogP contribution is 2.22. The number of pyridine rings is 1. The van der Waals surface area contributed by atoms with Crippen molar-refractivity contribution in [1.29, 1.82) is 0 Å². The van der Waals surface area contributed by atoms with E-state index in [1.807, 2.05) is 0 Å². The molecule has 1 unspecified atom stereocenters. The van der Waals surface area contributed by atoms with Crippen LogP contribution in [0.5, 0.6) is 0 Å². The zero-order valence-corrected chi connectivity index (χ0v) is 7.64. The van der Waals surface area contributed by atoms with Crippen LogP contribution in [0.4, 0.5) is 5.69 Å². The molecule has 0 saturated carbocycles. The minimum atomic E-state index is -0.423. The van der Waals surface area contributed by atoms with Crippen LogP contribution in [0.1, 0.15) is 17.7 Å². The second-order valence-electron chi connectivity index (χ2n) is 3.56. The Morgan fingerprint density at radius 1 is 1.64 bits per heavy atom. The van der Waals surface area contributed by atoms with E-state index in [1.54, 1.807) is 6.07 Å². The van der Waals surface area contributed by atoms with Gasteiger partial charge in [0.1, 0.15) is 6.20 Å². The molecular formula is C9H11N3O2. The maximum Gasteiger partial charge on any atom is 0.287 e. The van der Waals surface area contributed by atoms with Gasteiger partial charge in [0.05, 0.1) is 4.92 Å². The molecule has 0 bridgehead atoms. The van der Waals surface area contributed by atoms with Crippen LogP contribution in [-0.4, -0.2) is 15.9 Å². The van der Waals surface area contributed by atoms with Gasteiger partial charge in [-0.25, -0.2) is 0 Å². The van der Waals surface area contributed by atoms with E-state index in [2.05, 4.69) is 4.98 Å². The quantitative estimate of drug-likeness (QED) is 0.528. The highest BCUT2D eigenvalue weighted by atomic mass is 16.6. The van der Waals surface area contributed by atoms with Crippen LogP contribution in [0.15, 0.2) is 12.3 Å². The molecule has 0 amide bonds. The lowest BCUT2D eigenvalue weighted by atomic mass is 9.92.